The van der Waals surface area contributed by atoms with Gasteiger partial charge in [-0.15, -0.1) is 0 Å². The van der Waals surface area contributed by atoms with Gasteiger partial charge in [0.25, 0.3) is 0 Å². The molecule has 0 aromatic carbocycles. The first-order valence-electron chi connectivity index (χ1n) is 4.68. The number of hydrogen-bond donors (Lipinski definition) is 0. The SMILES string of the molecule is COC(=O)C1C(C(=O)OC)[C@H]2C=C[C@@H]1O2. The fourth-order valence-corrected chi connectivity index (χ4v) is 2.14. The van der Waals surface area contributed by atoms with Crippen molar-refractivity contribution < 1.29 is 23.8 Å². The number of fused-ring (bicyclic) bond motifs is 2. The van der Waals surface area contributed by atoms with Gasteiger partial charge < -0.3 is 14.2 Å². The fraction of sp³-hybridized carbons (Fsp3) is 0.600. The lowest BCUT2D eigenvalue weighted by molar-refractivity contribution is -0.156. The van der Waals surface area contributed by atoms with Crippen LogP contribution in [0, 0.1) is 11.8 Å². The van der Waals surface area contributed by atoms with Crippen LogP contribution in [0.4, 0.5) is 0 Å². The van der Waals surface area contributed by atoms with E-state index in [1.54, 1.807) is 12.2 Å². The third-order valence-corrected chi connectivity index (χ3v) is 2.85. The van der Waals surface area contributed by atoms with E-state index in [0.717, 1.165) is 0 Å². The van der Waals surface area contributed by atoms with Crippen LogP contribution in [0.15, 0.2) is 12.2 Å². The zero-order chi connectivity index (χ0) is 11.0. The van der Waals surface area contributed by atoms with Crippen molar-refractivity contribution in [3.05, 3.63) is 12.2 Å². The molecule has 2 rings (SSSR count). The highest BCUT2D eigenvalue weighted by Gasteiger charge is 2.54. The van der Waals surface area contributed by atoms with Gasteiger partial charge in [0.1, 0.15) is 11.8 Å². The van der Waals surface area contributed by atoms with Crippen LogP contribution >= 0.6 is 0 Å². The second-order valence-electron chi connectivity index (χ2n) is 3.55. The van der Waals surface area contributed by atoms with Gasteiger partial charge in [0, 0.05) is 0 Å². The minimum absolute atomic E-state index is 0.355. The number of methoxy groups -OCH3 is 2. The van der Waals surface area contributed by atoms with E-state index in [-0.39, 0.29) is 12.2 Å². The molecule has 15 heavy (non-hydrogen) atoms. The lowest BCUT2D eigenvalue weighted by Gasteiger charge is -2.20. The van der Waals surface area contributed by atoms with Crippen molar-refractivity contribution in [2.75, 3.05) is 14.2 Å². The first kappa shape index (κ1) is 10.2. The number of esters is 2. The standard InChI is InChI=1S/C10H12O5/c1-13-9(11)7-5-3-4-6(15-5)8(7)10(12)14-2/h3-8H,1-2H3/t5-,6+,7?,8?. The summed E-state index contributed by atoms with van der Waals surface area (Å²) in [5, 5.41) is 0. The molecule has 0 spiro atoms. The van der Waals surface area contributed by atoms with Crippen LogP contribution in [-0.2, 0) is 23.8 Å². The maximum absolute atomic E-state index is 11.5. The predicted octanol–water partition coefficient (Wildman–Crippen LogP) is -0.0980. The Hall–Kier alpha value is -1.36. The van der Waals surface area contributed by atoms with E-state index in [1.807, 2.05) is 0 Å². The van der Waals surface area contributed by atoms with Gasteiger partial charge >= 0.3 is 11.9 Å². The van der Waals surface area contributed by atoms with E-state index >= 15 is 0 Å². The van der Waals surface area contributed by atoms with Crippen molar-refractivity contribution in [1.29, 1.82) is 0 Å². The molecule has 0 radical (unpaired) electrons. The highest BCUT2D eigenvalue weighted by Crippen LogP contribution is 2.40. The maximum Gasteiger partial charge on any atom is 0.312 e. The number of hydrogen-bond acceptors (Lipinski definition) is 5. The molecule has 82 valence electrons. The van der Waals surface area contributed by atoms with Crippen LogP contribution in [0.2, 0.25) is 0 Å². The average Bonchev–Trinajstić information content (AvgIpc) is 2.86. The van der Waals surface area contributed by atoms with Crippen LogP contribution in [0.3, 0.4) is 0 Å². The Morgan fingerprint density at radius 1 is 1.00 bits per heavy atom. The Morgan fingerprint density at radius 3 is 1.73 bits per heavy atom. The first-order chi connectivity index (χ1) is 7.19. The van der Waals surface area contributed by atoms with Crippen molar-refractivity contribution in [1.82, 2.24) is 0 Å². The molecule has 0 saturated carbocycles. The topological polar surface area (TPSA) is 61.8 Å². The van der Waals surface area contributed by atoms with E-state index in [0.29, 0.717) is 0 Å². The van der Waals surface area contributed by atoms with Gasteiger partial charge in [0.15, 0.2) is 0 Å². The minimum atomic E-state index is -0.572. The molecular weight excluding hydrogens is 200 g/mol. The molecule has 1 saturated heterocycles. The Kier molecular flexibility index (Phi) is 2.48. The molecule has 0 N–H and O–H groups in total. The molecule has 2 bridgehead atoms. The highest BCUT2D eigenvalue weighted by atomic mass is 16.6. The van der Waals surface area contributed by atoms with Gasteiger partial charge in [-0.1, -0.05) is 12.2 Å². The summed E-state index contributed by atoms with van der Waals surface area (Å²) in [4.78, 5) is 23.0. The van der Waals surface area contributed by atoms with Crippen LogP contribution in [0.25, 0.3) is 0 Å². The molecule has 2 aliphatic rings. The summed E-state index contributed by atoms with van der Waals surface area (Å²) < 4.78 is 14.7. The molecule has 5 nitrogen and oxygen atoms in total. The molecule has 4 atom stereocenters. The predicted molar refractivity (Wildman–Crippen MR) is 48.8 cm³/mol. The van der Waals surface area contributed by atoms with Gasteiger partial charge in [-0.2, -0.15) is 0 Å². The number of carbonyl (C=O) groups excluding carboxylic acids is 2. The van der Waals surface area contributed by atoms with E-state index in [2.05, 4.69) is 9.47 Å². The van der Waals surface area contributed by atoms with Gasteiger partial charge in [0.2, 0.25) is 0 Å². The second kappa shape index (κ2) is 3.66. The summed E-state index contributed by atoms with van der Waals surface area (Å²) in [7, 11) is 2.60. The number of rotatable bonds is 2. The summed E-state index contributed by atoms with van der Waals surface area (Å²) in [5.41, 5.74) is 0. The van der Waals surface area contributed by atoms with Crippen molar-refractivity contribution >= 4 is 11.9 Å². The highest BCUT2D eigenvalue weighted by molar-refractivity contribution is 5.84. The Labute approximate surface area is 87.0 Å². The van der Waals surface area contributed by atoms with E-state index in [1.165, 1.54) is 14.2 Å². The van der Waals surface area contributed by atoms with Crippen molar-refractivity contribution in [2.45, 2.75) is 12.2 Å². The molecule has 2 heterocycles. The largest absolute Gasteiger partial charge is 0.469 e. The quantitative estimate of drug-likeness (QED) is 0.472. The lowest BCUT2D eigenvalue weighted by Crippen LogP contribution is -2.37. The molecule has 0 aromatic rings. The fourth-order valence-electron chi connectivity index (χ4n) is 2.14. The molecule has 0 aromatic heterocycles. The lowest BCUT2D eigenvalue weighted by atomic mass is 9.83. The molecule has 0 amide bonds. The Balaban J connectivity index is 2.24. The third kappa shape index (κ3) is 1.43. The van der Waals surface area contributed by atoms with Crippen molar-refractivity contribution in [2.24, 2.45) is 11.8 Å². The minimum Gasteiger partial charge on any atom is -0.469 e. The monoisotopic (exact) mass is 212 g/mol. The summed E-state index contributed by atoms with van der Waals surface area (Å²) in [5.74, 6) is -2.00. The van der Waals surface area contributed by atoms with Crippen molar-refractivity contribution in [3.8, 4) is 0 Å². The maximum atomic E-state index is 11.5. The normalized spacial score (nSPS) is 36.7. The van der Waals surface area contributed by atoms with Crippen LogP contribution in [-0.4, -0.2) is 38.4 Å². The zero-order valence-electron chi connectivity index (χ0n) is 8.51. The number of ether oxygens (including phenoxy) is 3. The summed E-state index contributed by atoms with van der Waals surface area (Å²) in [6, 6.07) is 0. The first-order valence-corrected chi connectivity index (χ1v) is 4.68. The molecule has 1 fully saturated rings. The second-order valence-corrected chi connectivity index (χ2v) is 3.55. The Bertz CT molecular complexity index is 292. The van der Waals surface area contributed by atoms with E-state index < -0.39 is 23.8 Å². The molecule has 2 unspecified atom stereocenters. The zero-order valence-corrected chi connectivity index (χ0v) is 8.51. The van der Waals surface area contributed by atoms with Gasteiger partial charge in [-0.25, -0.2) is 0 Å². The third-order valence-electron chi connectivity index (χ3n) is 2.85. The molecule has 5 heteroatoms. The van der Waals surface area contributed by atoms with Gasteiger partial charge in [0.05, 0.1) is 26.4 Å². The average molecular weight is 212 g/mol. The summed E-state index contributed by atoms with van der Waals surface area (Å²) in [6.45, 7) is 0. The molecular formula is C10H12O5. The van der Waals surface area contributed by atoms with Crippen LogP contribution in [0.5, 0.6) is 0 Å². The molecule has 2 aliphatic heterocycles. The molecule has 0 aliphatic carbocycles. The van der Waals surface area contributed by atoms with E-state index in [4.69, 9.17) is 4.74 Å². The van der Waals surface area contributed by atoms with Crippen molar-refractivity contribution in [3.63, 3.8) is 0 Å². The smallest absolute Gasteiger partial charge is 0.312 e. The van der Waals surface area contributed by atoms with Gasteiger partial charge in [-0.05, 0) is 0 Å². The summed E-state index contributed by atoms with van der Waals surface area (Å²) >= 11 is 0. The number of carbonyl (C=O) groups is 2. The van der Waals surface area contributed by atoms with Crippen LogP contribution in [0.1, 0.15) is 0 Å². The van der Waals surface area contributed by atoms with Gasteiger partial charge in [-0.3, -0.25) is 9.59 Å². The van der Waals surface area contributed by atoms with Crippen LogP contribution < -0.4 is 0 Å². The summed E-state index contributed by atoms with van der Waals surface area (Å²) in [6.07, 6.45) is 2.86. The Morgan fingerprint density at radius 2 is 1.40 bits per heavy atom. The van der Waals surface area contributed by atoms with E-state index in [9.17, 15) is 9.59 Å².